The summed E-state index contributed by atoms with van der Waals surface area (Å²) in [6.45, 7) is 3.83. The topological polar surface area (TPSA) is 104 Å². The molecule has 1 aromatic carbocycles. The molecule has 10 heteroatoms. The first kappa shape index (κ1) is 21.6. The van der Waals surface area contributed by atoms with Gasteiger partial charge in [0.2, 0.25) is 11.8 Å². The molecule has 0 radical (unpaired) electrons. The Kier molecular flexibility index (Phi) is 7.23. The van der Waals surface area contributed by atoms with Crippen LogP contribution in [-0.2, 0) is 16.0 Å². The van der Waals surface area contributed by atoms with Crippen molar-refractivity contribution in [2.24, 2.45) is 0 Å². The molecule has 0 spiro atoms. The van der Waals surface area contributed by atoms with E-state index < -0.39 is 0 Å². The maximum Gasteiger partial charge on any atom is 0.325 e. The monoisotopic (exact) mass is 431 g/mol. The molecule has 0 aliphatic carbocycles. The molecule has 2 N–H and O–H groups in total. The molecule has 0 bridgehead atoms. The Balaban J connectivity index is 1.42. The first-order chi connectivity index (χ1) is 14.4. The zero-order valence-electron chi connectivity index (χ0n) is 17.0. The van der Waals surface area contributed by atoms with E-state index in [1.54, 1.807) is 48.1 Å². The second-order valence-corrected chi connectivity index (χ2v) is 7.70. The summed E-state index contributed by atoms with van der Waals surface area (Å²) in [4.78, 5) is 43.8. The number of nitrogens with zero attached hydrogens (tertiary/aromatic N) is 3. The zero-order valence-corrected chi connectivity index (χ0v) is 17.8. The number of hydrogen-bond acceptors (Lipinski definition) is 6. The highest BCUT2D eigenvalue weighted by Gasteiger charge is 2.22. The van der Waals surface area contributed by atoms with E-state index in [1.807, 2.05) is 5.38 Å². The van der Waals surface area contributed by atoms with Gasteiger partial charge < -0.3 is 19.9 Å². The maximum absolute atomic E-state index is 12.4. The van der Waals surface area contributed by atoms with Crippen LogP contribution in [0, 0.1) is 0 Å². The van der Waals surface area contributed by atoms with Gasteiger partial charge in [0.25, 0.3) is 0 Å². The summed E-state index contributed by atoms with van der Waals surface area (Å²) in [6.07, 6.45) is 0.853. The molecule has 1 fully saturated rings. The molecule has 160 valence electrons. The predicted octanol–water partition coefficient (Wildman–Crippen LogP) is 2.42. The van der Waals surface area contributed by atoms with Crippen molar-refractivity contribution in [1.29, 1.82) is 0 Å². The number of hydrogen-bond donors (Lipinski definition) is 2. The number of aromatic nitrogens is 1. The molecule has 1 aromatic heterocycles. The van der Waals surface area contributed by atoms with Crippen molar-refractivity contribution in [1.82, 2.24) is 14.8 Å². The predicted molar refractivity (Wildman–Crippen MR) is 115 cm³/mol. The maximum atomic E-state index is 12.4. The molecule has 30 heavy (non-hydrogen) atoms. The standard InChI is InChI=1S/C20H25N5O4S/c1-14(26)24-9-11-25(12-10-24)18(27)8-5-16-13-30-20(22-16)23-19(28)21-15-3-6-17(29-2)7-4-15/h3-4,6-7,13H,5,8-12H2,1-2H3,(H2,21,22,23,28). The molecule has 0 saturated carbocycles. The smallest absolute Gasteiger partial charge is 0.325 e. The van der Waals surface area contributed by atoms with Gasteiger partial charge in [-0.3, -0.25) is 14.9 Å². The van der Waals surface area contributed by atoms with Crippen molar-refractivity contribution in [3.05, 3.63) is 35.3 Å². The highest BCUT2D eigenvalue weighted by atomic mass is 32.1. The average Bonchev–Trinajstić information content (AvgIpc) is 3.19. The molecular formula is C20H25N5O4S. The van der Waals surface area contributed by atoms with Crippen LogP contribution in [0.15, 0.2) is 29.6 Å². The summed E-state index contributed by atoms with van der Waals surface area (Å²) in [5.41, 5.74) is 1.40. The Bertz CT molecular complexity index is 891. The molecule has 1 aliphatic rings. The van der Waals surface area contributed by atoms with Crippen molar-refractivity contribution >= 4 is 40.0 Å². The normalized spacial score (nSPS) is 13.7. The summed E-state index contributed by atoms with van der Waals surface area (Å²) in [5.74, 6) is 0.805. The Morgan fingerprint density at radius 2 is 1.73 bits per heavy atom. The van der Waals surface area contributed by atoms with Crippen LogP contribution < -0.4 is 15.4 Å². The fourth-order valence-corrected chi connectivity index (χ4v) is 3.82. The molecule has 1 saturated heterocycles. The summed E-state index contributed by atoms with van der Waals surface area (Å²) >= 11 is 1.31. The van der Waals surface area contributed by atoms with Gasteiger partial charge in [0.15, 0.2) is 5.13 Å². The number of amides is 4. The Labute approximate surface area is 179 Å². The lowest BCUT2D eigenvalue weighted by Crippen LogP contribution is -2.50. The molecule has 2 aromatic rings. The summed E-state index contributed by atoms with van der Waals surface area (Å²) in [7, 11) is 1.58. The van der Waals surface area contributed by atoms with Crippen molar-refractivity contribution in [2.75, 3.05) is 43.9 Å². The molecule has 0 unspecified atom stereocenters. The van der Waals surface area contributed by atoms with E-state index in [1.165, 1.54) is 11.3 Å². The van der Waals surface area contributed by atoms with Crippen molar-refractivity contribution in [3.63, 3.8) is 0 Å². The van der Waals surface area contributed by atoms with Gasteiger partial charge in [-0.2, -0.15) is 0 Å². The fourth-order valence-electron chi connectivity index (χ4n) is 3.08. The lowest BCUT2D eigenvalue weighted by Gasteiger charge is -2.34. The van der Waals surface area contributed by atoms with Crippen LogP contribution in [0.5, 0.6) is 5.75 Å². The Hall–Kier alpha value is -3.14. The number of carbonyl (C=O) groups excluding carboxylic acids is 3. The molecule has 0 atom stereocenters. The Morgan fingerprint density at radius 1 is 1.07 bits per heavy atom. The highest BCUT2D eigenvalue weighted by Crippen LogP contribution is 2.19. The number of methoxy groups -OCH3 is 1. The highest BCUT2D eigenvalue weighted by molar-refractivity contribution is 7.13. The van der Waals surface area contributed by atoms with Crippen LogP contribution in [0.1, 0.15) is 19.0 Å². The molecule has 1 aliphatic heterocycles. The third-order valence-electron chi connectivity index (χ3n) is 4.79. The number of benzene rings is 1. The molecule has 9 nitrogen and oxygen atoms in total. The number of aryl methyl sites for hydroxylation is 1. The van der Waals surface area contributed by atoms with Gasteiger partial charge in [-0.05, 0) is 30.7 Å². The minimum atomic E-state index is -0.388. The van der Waals surface area contributed by atoms with Crippen LogP contribution in [0.25, 0.3) is 0 Å². The second-order valence-electron chi connectivity index (χ2n) is 6.84. The quantitative estimate of drug-likeness (QED) is 0.731. The van der Waals surface area contributed by atoms with E-state index in [9.17, 15) is 14.4 Å². The van der Waals surface area contributed by atoms with Crippen molar-refractivity contribution in [2.45, 2.75) is 19.8 Å². The number of urea groups is 1. The van der Waals surface area contributed by atoms with E-state index in [4.69, 9.17) is 4.74 Å². The number of piperazine rings is 1. The lowest BCUT2D eigenvalue weighted by atomic mass is 10.2. The van der Waals surface area contributed by atoms with Crippen LogP contribution in [0.2, 0.25) is 0 Å². The van der Waals surface area contributed by atoms with Gasteiger partial charge in [-0.25, -0.2) is 9.78 Å². The first-order valence-corrected chi connectivity index (χ1v) is 10.5. The van der Waals surface area contributed by atoms with Crippen LogP contribution in [0.4, 0.5) is 15.6 Å². The first-order valence-electron chi connectivity index (χ1n) is 9.64. The molecule has 4 amide bonds. The van der Waals surface area contributed by atoms with E-state index in [-0.39, 0.29) is 17.8 Å². The van der Waals surface area contributed by atoms with E-state index in [0.717, 1.165) is 5.69 Å². The molecule has 2 heterocycles. The van der Waals surface area contributed by atoms with Crippen molar-refractivity contribution in [3.8, 4) is 5.75 Å². The number of anilines is 2. The van der Waals surface area contributed by atoms with E-state index >= 15 is 0 Å². The minimum Gasteiger partial charge on any atom is -0.497 e. The SMILES string of the molecule is COc1ccc(NC(=O)Nc2nc(CCC(=O)N3CCN(C(C)=O)CC3)cs2)cc1. The van der Waals surface area contributed by atoms with Gasteiger partial charge in [0.1, 0.15) is 5.75 Å². The van der Waals surface area contributed by atoms with Gasteiger partial charge in [-0.15, -0.1) is 11.3 Å². The lowest BCUT2D eigenvalue weighted by molar-refractivity contribution is -0.138. The van der Waals surface area contributed by atoms with Gasteiger partial charge in [0, 0.05) is 50.6 Å². The molecular weight excluding hydrogens is 406 g/mol. The number of ether oxygens (including phenoxy) is 1. The Morgan fingerprint density at radius 3 is 2.37 bits per heavy atom. The number of nitrogens with one attached hydrogen (secondary N) is 2. The molecule has 3 rings (SSSR count). The van der Waals surface area contributed by atoms with Gasteiger partial charge in [0.05, 0.1) is 12.8 Å². The fraction of sp³-hybridized carbons (Fsp3) is 0.400. The van der Waals surface area contributed by atoms with Gasteiger partial charge in [-0.1, -0.05) is 0 Å². The summed E-state index contributed by atoms with van der Waals surface area (Å²) < 4.78 is 5.09. The van der Waals surface area contributed by atoms with Crippen molar-refractivity contribution < 1.29 is 19.1 Å². The van der Waals surface area contributed by atoms with Crippen LogP contribution in [0.3, 0.4) is 0 Å². The van der Waals surface area contributed by atoms with Crippen LogP contribution in [-0.4, -0.2) is 65.9 Å². The average molecular weight is 432 g/mol. The zero-order chi connectivity index (χ0) is 21.5. The number of rotatable bonds is 6. The largest absolute Gasteiger partial charge is 0.497 e. The van der Waals surface area contributed by atoms with E-state index in [2.05, 4.69) is 15.6 Å². The van der Waals surface area contributed by atoms with Crippen LogP contribution >= 0.6 is 11.3 Å². The third-order valence-corrected chi connectivity index (χ3v) is 5.60. The summed E-state index contributed by atoms with van der Waals surface area (Å²) in [6, 6.07) is 6.61. The minimum absolute atomic E-state index is 0.0422. The third kappa shape index (κ3) is 5.93. The van der Waals surface area contributed by atoms with E-state index in [0.29, 0.717) is 55.6 Å². The second kappa shape index (κ2) is 10.1. The number of carbonyl (C=O) groups is 3. The van der Waals surface area contributed by atoms with Gasteiger partial charge >= 0.3 is 6.03 Å². The number of thiazole rings is 1. The summed E-state index contributed by atoms with van der Waals surface area (Å²) in [5, 5.41) is 7.74.